The van der Waals surface area contributed by atoms with Crippen LogP contribution in [0.3, 0.4) is 0 Å². The number of aliphatic hydroxyl groups is 3. The topological polar surface area (TPSA) is 154 Å². The van der Waals surface area contributed by atoms with Gasteiger partial charge in [0.15, 0.2) is 6.23 Å². The van der Waals surface area contributed by atoms with Crippen LogP contribution in [-0.4, -0.2) is 75.5 Å². The molecule has 2 heterocycles. The molecule has 122 valence electrons. The van der Waals surface area contributed by atoms with Crippen LogP contribution in [0, 0.1) is 10.1 Å². The van der Waals surface area contributed by atoms with Gasteiger partial charge in [-0.1, -0.05) is 0 Å². The average molecular weight is 315 g/mol. The van der Waals surface area contributed by atoms with Gasteiger partial charge in [-0.2, -0.15) is 0 Å². The van der Waals surface area contributed by atoms with E-state index in [4.69, 9.17) is 9.84 Å². The second-order valence-electron chi connectivity index (χ2n) is 4.95. The first-order chi connectivity index (χ1) is 10.4. The molecule has 4 atom stereocenters. The van der Waals surface area contributed by atoms with Gasteiger partial charge in [-0.05, 0) is 0 Å². The molecule has 0 radical (unpaired) electrons. The number of hydrogen-bond donors (Lipinski definition) is 4. The van der Waals surface area contributed by atoms with Crippen LogP contribution in [0.25, 0.3) is 0 Å². The lowest BCUT2D eigenvalue weighted by Crippen LogP contribution is -2.37. The van der Waals surface area contributed by atoms with E-state index in [0.717, 1.165) is 6.33 Å². The van der Waals surface area contributed by atoms with E-state index in [1.54, 1.807) is 14.1 Å². The highest BCUT2D eigenvalue weighted by molar-refractivity contribution is 5.70. The van der Waals surface area contributed by atoms with Gasteiger partial charge < -0.3 is 30.3 Å². The number of anilines is 2. The molecule has 0 aliphatic carbocycles. The molecule has 1 aliphatic heterocycles. The first-order valence-electron chi connectivity index (χ1n) is 6.42. The maximum Gasteiger partial charge on any atom is 0.353 e. The Labute approximate surface area is 125 Å². The molecule has 22 heavy (non-hydrogen) atoms. The van der Waals surface area contributed by atoms with E-state index in [1.807, 2.05) is 0 Å². The SMILES string of the molecule is CN(C)c1ncnc(N[C@@H]2O[C@H](CO)[C@@H](O)[C@H]2O)c1[N+](=O)[O-]. The summed E-state index contributed by atoms with van der Waals surface area (Å²) >= 11 is 0. The van der Waals surface area contributed by atoms with Crippen molar-refractivity contribution >= 4 is 17.3 Å². The van der Waals surface area contributed by atoms with E-state index >= 15 is 0 Å². The molecule has 0 saturated carbocycles. The van der Waals surface area contributed by atoms with E-state index in [1.165, 1.54) is 4.90 Å². The molecule has 1 aromatic rings. The Morgan fingerprint density at radius 2 is 2.09 bits per heavy atom. The van der Waals surface area contributed by atoms with Crippen LogP contribution in [0.5, 0.6) is 0 Å². The van der Waals surface area contributed by atoms with E-state index in [-0.39, 0.29) is 17.3 Å². The number of nitrogens with zero attached hydrogens (tertiary/aromatic N) is 4. The van der Waals surface area contributed by atoms with Crippen molar-refractivity contribution in [3.8, 4) is 0 Å². The summed E-state index contributed by atoms with van der Waals surface area (Å²) in [6.45, 7) is -0.495. The zero-order valence-electron chi connectivity index (χ0n) is 11.9. The van der Waals surface area contributed by atoms with Crippen molar-refractivity contribution < 1.29 is 25.0 Å². The molecule has 1 aromatic heterocycles. The third-order valence-electron chi connectivity index (χ3n) is 3.23. The lowest BCUT2D eigenvalue weighted by Gasteiger charge is -2.18. The zero-order chi connectivity index (χ0) is 16.4. The summed E-state index contributed by atoms with van der Waals surface area (Å²) in [6.07, 6.45) is -3.67. The molecule has 0 bridgehead atoms. The van der Waals surface area contributed by atoms with Gasteiger partial charge in [0.2, 0.25) is 11.6 Å². The molecule has 11 nitrogen and oxygen atoms in total. The van der Waals surface area contributed by atoms with Gasteiger partial charge in [-0.15, -0.1) is 0 Å². The van der Waals surface area contributed by atoms with Crippen molar-refractivity contribution in [2.45, 2.75) is 24.5 Å². The van der Waals surface area contributed by atoms with Crippen molar-refractivity contribution in [2.24, 2.45) is 0 Å². The van der Waals surface area contributed by atoms with Gasteiger partial charge >= 0.3 is 5.69 Å². The molecular formula is C11H17N5O6. The first-order valence-corrected chi connectivity index (χ1v) is 6.42. The molecule has 1 aliphatic rings. The summed E-state index contributed by atoms with van der Waals surface area (Å²) in [4.78, 5) is 19.7. The molecule has 1 saturated heterocycles. The van der Waals surface area contributed by atoms with E-state index in [2.05, 4.69) is 15.3 Å². The minimum absolute atomic E-state index is 0.0780. The second kappa shape index (κ2) is 6.36. The molecule has 0 unspecified atom stereocenters. The predicted molar refractivity (Wildman–Crippen MR) is 74.4 cm³/mol. The van der Waals surface area contributed by atoms with E-state index in [9.17, 15) is 20.3 Å². The van der Waals surface area contributed by atoms with Crippen LogP contribution in [-0.2, 0) is 4.74 Å². The molecule has 0 spiro atoms. The Hall–Kier alpha value is -2.08. The summed E-state index contributed by atoms with van der Waals surface area (Å²) in [6, 6.07) is 0. The lowest BCUT2D eigenvalue weighted by molar-refractivity contribution is -0.383. The van der Waals surface area contributed by atoms with Gasteiger partial charge in [0.05, 0.1) is 11.5 Å². The summed E-state index contributed by atoms with van der Waals surface area (Å²) in [7, 11) is 3.18. The summed E-state index contributed by atoms with van der Waals surface area (Å²) in [5, 5.41) is 42.4. The minimum atomic E-state index is -1.37. The number of rotatable bonds is 5. The van der Waals surface area contributed by atoms with Crippen molar-refractivity contribution in [3.63, 3.8) is 0 Å². The third kappa shape index (κ3) is 2.92. The van der Waals surface area contributed by atoms with Crippen LogP contribution < -0.4 is 10.2 Å². The first kappa shape index (κ1) is 16.3. The van der Waals surface area contributed by atoms with Crippen LogP contribution in [0.15, 0.2) is 6.33 Å². The molecule has 0 amide bonds. The average Bonchev–Trinajstić information content (AvgIpc) is 2.74. The lowest BCUT2D eigenvalue weighted by atomic mass is 10.1. The predicted octanol–water partition coefficient (Wildman–Crippen LogP) is -1.70. The Morgan fingerprint density at radius 3 is 2.59 bits per heavy atom. The molecule has 0 aromatic carbocycles. The van der Waals surface area contributed by atoms with Gasteiger partial charge in [0.1, 0.15) is 24.6 Å². The van der Waals surface area contributed by atoms with Gasteiger partial charge in [0.25, 0.3) is 0 Å². The Balaban J connectivity index is 2.30. The number of ether oxygens (including phenoxy) is 1. The third-order valence-corrected chi connectivity index (χ3v) is 3.23. The maximum absolute atomic E-state index is 11.3. The number of hydrogen-bond acceptors (Lipinski definition) is 10. The molecule has 4 N–H and O–H groups in total. The van der Waals surface area contributed by atoms with Gasteiger partial charge in [-0.3, -0.25) is 10.1 Å². The highest BCUT2D eigenvalue weighted by atomic mass is 16.6. The molecule has 1 fully saturated rings. The van der Waals surface area contributed by atoms with Crippen molar-refractivity contribution in [2.75, 3.05) is 30.9 Å². The number of aliphatic hydroxyl groups excluding tert-OH is 3. The fourth-order valence-electron chi connectivity index (χ4n) is 2.12. The number of aromatic nitrogens is 2. The van der Waals surface area contributed by atoms with E-state index < -0.39 is 36.1 Å². The monoisotopic (exact) mass is 315 g/mol. The van der Waals surface area contributed by atoms with Gasteiger partial charge in [0, 0.05) is 14.1 Å². The fraction of sp³-hybridized carbons (Fsp3) is 0.636. The summed E-state index contributed by atoms with van der Waals surface area (Å²) in [5.41, 5.74) is -0.384. The maximum atomic E-state index is 11.3. The Kier molecular flexibility index (Phi) is 4.71. The van der Waals surface area contributed by atoms with Gasteiger partial charge in [-0.25, -0.2) is 9.97 Å². The summed E-state index contributed by atoms with van der Waals surface area (Å²) in [5.74, 6) is -0.0761. The van der Waals surface area contributed by atoms with E-state index in [0.29, 0.717) is 0 Å². The molecular weight excluding hydrogens is 298 g/mol. The fourth-order valence-corrected chi connectivity index (χ4v) is 2.12. The minimum Gasteiger partial charge on any atom is -0.394 e. The van der Waals surface area contributed by atoms with Crippen LogP contribution >= 0.6 is 0 Å². The second-order valence-corrected chi connectivity index (χ2v) is 4.95. The molecule has 2 rings (SSSR count). The standard InChI is InChI=1S/C11H17N5O6/c1-15(2)10-6(16(20)21)9(12-4-13-10)14-11-8(19)7(18)5(3-17)22-11/h4-5,7-8,11,17-19H,3H2,1-2H3,(H,12,13,14)/t5-,7-,8-,11-/m1/s1. The van der Waals surface area contributed by atoms with Crippen LogP contribution in [0.1, 0.15) is 0 Å². The smallest absolute Gasteiger partial charge is 0.353 e. The normalized spacial score (nSPS) is 27.7. The Bertz CT molecular complexity index is 556. The number of nitro groups is 1. The quantitative estimate of drug-likeness (QED) is 0.365. The molecule has 11 heteroatoms. The van der Waals surface area contributed by atoms with Crippen LogP contribution in [0.2, 0.25) is 0 Å². The highest BCUT2D eigenvalue weighted by Crippen LogP contribution is 2.32. The van der Waals surface area contributed by atoms with Crippen molar-refractivity contribution in [3.05, 3.63) is 16.4 Å². The summed E-state index contributed by atoms with van der Waals surface area (Å²) < 4.78 is 5.22. The van der Waals surface area contributed by atoms with Crippen molar-refractivity contribution in [1.82, 2.24) is 9.97 Å². The largest absolute Gasteiger partial charge is 0.394 e. The highest BCUT2D eigenvalue weighted by Gasteiger charge is 2.43. The van der Waals surface area contributed by atoms with Crippen LogP contribution in [0.4, 0.5) is 17.3 Å². The Morgan fingerprint density at radius 1 is 1.41 bits per heavy atom. The zero-order valence-corrected chi connectivity index (χ0v) is 11.9. The number of nitrogens with one attached hydrogen (secondary N) is 1. The van der Waals surface area contributed by atoms with Crippen molar-refractivity contribution in [1.29, 1.82) is 0 Å².